The van der Waals surface area contributed by atoms with Gasteiger partial charge in [0.05, 0.1) is 6.61 Å². The number of hydrogen-bond acceptors (Lipinski definition) is 3. The van der Waals surface area contributed by atoms with Gasteiger partial charge in [-0.3, -0.25) is 4.99 Å². The van der Waals surface area contributed by atoms with Crippen molar-refractivity contribution in [3.05, 3.63) is 11.6 Å². The van der Waals surface area contributed by atoms with E-state index in [9.17, 15) is 4.79 Å². The second-order valence-corrected chi connectivity index (χ2v) is 4.36. The fourth-order valence-electron chi connectivity index (χ4n) is 2.34. The number of hydrogen-bond donors (Lipinski definition) is 0. The SMILES string of the molecule is CCOC(=O)C1CCC(C2=CCCCC2)=N1. The second kappa shape index (κ2) is 5.28. The lowest BCUT2D eigenvalue weighted by Crippen LogP contribution is -2.18. The molecule has 3 heteroatoms. The molecule has 0 N–H and O–H groups in total. The molecular weight excluding hydrogens is 202 g/mol. The van der Waals surface area contributed by atoms with E-state index in [-0.39, 0.29) is 12.0 Å². The lowest BCUT2D eigenvalue weighted by molar-refractivity contribution is -0.144. The molecule has 2 rings (SSSR count). The molecule has 16 heavy (non-hydrogen) atoms. The molecule has 2 aliphatic rings. The minimum atomic E-state index is -0.238. The van der Waals surface area contributed by atoms with E-state index in [1.165, 1.54) is 24.8 Å². The van der Waals surface area contributed by atoms with E-state index in [1.54, 1.807) is 0 Å². The quantitative estimate of drug-likeness (QED) is 0.687. The van der Waals surface area contributed by atoms with Gasteiger partial charge < -0.3 is 4.74 Å². The highest BCUT2D eigenvalue weighted by Gasteiger charge is 2.26. The number of allylic oxidation sites excluding steroid dienone is 2. The minimum absolute atomic E-state index is 0.158. The molecular formula is C13H19NO2. The number of carbonyl (C=O) groups excluding carboxylic acids is 1. The fraction of sp³-hybridized carbons (Fsp3) is 0.692. The molecule has 0 bridgehead atoms. The van der Waals surface area contributed by atoms with Crippen LogP contribution in [-0.2, 0) is 9.53 Å². The van der Waals surface area contributed by atoms with Gasteiger partial charge >= 0.3 is 5.97 Å². The van der Waals surface area contributed by atoms with Gasteiger partial charge in [-0.25, -0.2) is 4.79 Å². The summed E-state index contributed by atoms with van der Waals surface area (Å²) in [5.41, 5.74) is 2.52. The van der Waals surface area contributed by atoms with Gasteiger partial charge in [0.25, 0.3) is 0 Å². The Bertz CT molecular complexity index is 331. The topological polar surface area (TPSA) is 38.7 Å². The third-order valence-electron chi connectivity index (χ3n) is 3.19. The number of carbonyl (C=O) groups is 1. The first-order chi connectivity index (χ1) is 7.81. The highest BCUT2D eigenvalue weighted by atomic mass is 16.5. The molecule has 1 atom stereocenters. The third kappa shape index (κ3) is 2.52. The molecule has 0 amide bonds. The number of ether oxygens (including phenoxy) is 1. The number of nitrogens with zero attached hydrogens (tertiary/aromatic N) is 1. The summed E-state index contributed by atoms with van der Waals surface area (Å²) in [6.07, 6.45) is 8.90. The predicted molar refractivity (Wildman–Crippen MR) is 63.6 cm³/mol. The fourth-order valence-corrected chi connectivity index (χ4v) is 2.34. The van der Waals surface area contributed by atoms with Crippen molar-refractivity contribution < 1.29 is 9.53 Å². The minimum Gasteiger partial charge on any atom is -0.464 e. The molecule has 1 aliphatic heterocycles. The molecule has 3 nitrogen and oxygen atoms in total. The van der Waals surface area contributed by atoms with Crippen molar-refractivity contribution in [1.29, 1.82) is 0 Å². The van der Waals surface area contributed by atoms with Gasteiger partial charge in [0, 0.05) is 5.71 Å². The van der Waals surface area contributed by atoms with Crippen LogP contribution in [0.5, 0.6) is 0 Å². The standard InChI is InChI=1S/C13H19NO2/c1-2-16-13(15)12-9-8-11(14-12)10-6-4-3-5-7-10/h6,12H,2-5,7-9H2,1H3. The molecule has 0 aromatic carbocycles. The van der Waals surface area contributed by atoms with Gasteiger partial charge in [-0.2, -0.15) is 0 Å². The lowest BCUT2D eigenvalue weighted by Gasteiger charge is -2.11. The van der Waals surface area contributed by atoms with Gasteiger partial charge in [-0.05, 0) is 51.0 Å². The summed E-state index contributed by atoms with van der Waals surface area (Å²) >= 11 is 0. The molecule has 0 fully saturated rings. The first-order valence-electron chi connectivity index (χ1n) is 6.24. The Morgan fingerprint density at radius 2 is 2.38 bits per heavy atom. The summed E-state index contributed by atoms with van der Waals surface area (Å²) in [7, 11) is 0. The average molecular weight is 221 g/mol. The Labute approximate surface area is 96.6 Å². The van der Waals surface area contributed by atoms with Crippen molar-refractivity contribution in [3.8, 4) is 0 Å². The molecule has 0 radical (unpaired) electrons. The molecule has 1 unspecified atom stereocenters. The number of esters is 1. The van der Waals surface area contributed by atoms with E-state index in [1.807, 2.05) is 6.92 Å². The van der Waals surface area contributed by atoms with Crippen LogP contribution in [0, 0.1) is 0 Å². The van der Waals surface area contributed by atoms with Crippen molar-refractivity contribution in [1.82, 2.24) is 0 Å². The van der Waals surface area contributed by atoms with E-state index in [0.717, 1.165) is 25.0 Å². The zero-order chi connectivity index (χ0) is 11.4. The van der Waals surface area contributed by atoms with E-state index in [4.69, 9.17) is 4.74 Å². The molecule has 1 aliphatic carbocycles. The van der Waals surface area contributed by atoms with Crippen LogP contribution in [0.2, 0.25) is 0 Å². The summed E-state index contributed by atoms with van der Waals surface area (Å²) in [5.74, 6) is -0.158. The van der Waals surface area contributed by atoms with Gasteiger partial charge in [0.2, 0.25) is 0 Å². The Morgan fingerprint density at radius 3 is 3.06 bits per heavy atom. The Hall–Kier alpha value is -1.12. The molecule has 0 aromatic heterocycles. The highest BCUT2D eigenvalue weighted by Crippen LogP contribution is 2.25. The van der Waals surface area contributed by atoms with Gasteiger partial charge in [0.1, 0.15) is 6.04 Å². The monoisotopic (exact) mass is 221 g/mol. The molecule has 0 aromatic rings. The van der Waals surface area contributed by atoms with Crippen molar-refractivity contribution in [2.75, 3.05) is 6.61 Å². The van der Waals surface area contributed by atoms with E-state index < -0.39 is 0 Å². The molecule has 88 valence electrons. The van der Waals surface area contributed by atoms with Crippen LogP contribution in [0.1, 0.15) is 45.4 Å². The van der Waals surface area contributed by atoms with Crippen LogP contribution in [0.25, 0.3) is 0 Å². The maximum absolute atomic E-state index is 11.5. The first-order valence-corrected chi connectivity index (χ1v) is 6.24. The summed E-state index contributed by atoms with van der Waals surface area (Å²) < 4.78 is 5.00. The van der Waals surface area contributed by atoms with Crippen LogP contribution in [0.4, 0.5) is 0 Å². The molecule has 0 spiro atoms. The normalized spacial score (nSPS) is 24.9. The van der Waals surface area contributed by atoms with E-state index in [0.29, 0.717) is 6.61 Å². The molecule has 1 heterocycles. The van der Waals surface area contributed by atoms with Crippen molar-refractivity contribution in [2.45, 2.75) is 51.5 Å². The average Bonchev–Trinajstić information content (AvgIpc) is 2.80. The van der Waals surface area contributed by atoms with Gasteiger partial charge in [-0.15, -0.1) is 0 Å². The summed E-state index contributed by atoms with van der Waals surface area (Å²) in [4.78, 5) is 16.0. The smallest absolute Gasteiger partial charge is 0.330 e. The van der Waals surface area contributed by atoms with Crippen LogP contribution < -0.4 is 0 Å². The van der Waals surface area contributed by atoms with Crippen LogP contribution in [0.15, 0.2) is 16.6 Å². The van der Waals surface area contributed by atoms with Crippen molar-refractivity contribution >= 4 is 11.7 Å². The summed E-state index contributed by atoms with van der Waals surface area (Å²) in [6.45, 7) is 2.28. The van der Waals surface area contributed by atoms with Crippen molar-refractivity contribution in [2.24, 2.45) is 4.99 Å². The van der Waals surface area contributed by atoms with Crippen molar-refractivity contribution in [3.63, 3.8) is 0 Å². The maximum atomic E-state index is 11.5. The zero-order valence-electron chi connectivity index (χ0n) is 9.87. The summed E-state index contributed by atoms with van der Waals surface area (Å²) in [6, 6.07) is -0.238. The number of rotatable bonds is 3. The highest BCUT2D eigenvalue weighted by molar-refractivity contribution is 6.03. The lowest BCUT2D eigenvalue weighted by atomic mass is 9.95. The van der Waals surface area contributed by atoms with E-state index in [2.05, 4.69) is 11.1 Å². The zero-order valence-corrected chi connectivity index (χ0v) is 9.87. The largest absolute Gasteiger partial charge is 0.464 e. The van der Waals surface area contributed by atoms with Gasteiger partial charge in [0.15, 0.2) is 0 Å². The second-order valence-electron chi connectivity index (χ2n) is 4.36. The number of aliphatic imine (C=N–C) groups is 1. The Morgan fingerprint density at radius 1 is 1.50 bits per heavy atom. The molecule has 0 saturated heterocycles. The predicted octanol–water partition coefficient (Wildman–Crippen LogP) is 2.65. The third-order valence-corrected chi connectivity index (χ3v) is 3.19. The Balaban J connectivity index is 2.00. The van der Waals surface area contributed by atoms with Crippen LogP contribution in [0.3, 0.4) is 0 Å². The van der Waals surface area contributed by atoms with Crippen LogP contribution >= 0.6 is 0 Å². The van der Waals surface area contributed by atoms with E-state index >= 15 is 0 Å². The van der Waals surface area contributed by atoms with Gasteiger partial charge in [-0.1, -0.05) is 6.08 Å². The first kappa shape index (κ1) is 11.4. The van der Waals surface area contributed by atoms with Crippen LogP contribution in [-0.4, -0.2) is 24.3 Å². The Kier molecular flexibility index (Phi) is 3.75. The molecule has 0 saturated carbocycles. The maximum Gasteiger partial charge on any atom is 0.330 e. The summed E-state index contributed by atoms with van der Waals surface area (Å²) in [5, 5.41) is 0.